The van der Waals surface area contributed by atoms with Gasteiger partial charge in [0.1, 0.15) is 16.8 Å². The van der Waals surface area contributed by atoms with Crippen LogP contribution in [0.4, 0.5) is 0 Å². The predicted octanol–water partition coefficient (Wildman–Crippen LogP) is 3.09. The molecule has 0 radical (unpaired) electrons. The molecule has 2 aromatic rings. The standard InChI is InChI=1S/C26H25ClN2O5S/c1-2-26(15-29-23(32)21(24(29)35-16-26)28-20(31)13-19(30)14-27)25(33)34-22(17-9-5-3-6-10-17)18-11-7-4-8-12-18/h2-12,21-22,24H,1,13-16H2,(H,28,31)/t21?,24-,26?/m1/s1. The fourth-order valence-electron chi connectivity index (χ4n) is 4.18. The van der Waals surface area contributed by atoms with Gasteiger partial charge in [0.15, 0.2) is 11.9 Å². The number of rotatable bonds is 9. The van der Waals surface area contributed by atoms with Gasteiger partial charge in [-0.25, -0.2) is 0 Å². The van der Waals surface area contributed by atoms with Gasteiger partial charge in [0.05, 0.1) is 12.3 Å². The molecule has 2 aliphatic rings. The quantitative estimate of drug-likeness (QED) is 0.182. The van der Waals surface area contributed by atoms with Crippen LogP contribution in [0.25, 0.3) is 0 Å². The van der Waals surface area contributed by atoms with Gasteiger partial charge in [-0.3, -0.25) is 19.2 Å². The highest BCUT2D eigenvalue weighted by Gasteiger charge is 2.57. The Morgan fingerprint density at radius 1 is 1.14 bits per heavy atom. The fourth-order valence-corrected chi connectivity index (χ4v) is 5.81. The maximum Gasteiger partial charge on any atom is 0.319 e. The summed E-state index contributed by atoms with van der Waals surface area (Å²) in [6, 6.07) is 18.2. The number of carbonyl (C=O) groups excluding carboxylic acids is 4. The number of nitrogens with one attached hydrogen (secondary N) is 1. The van der Waals surface area contributed by atoms with E-state index in [2.05, 4.69) is 11.9 Å². The number of esters is 1. The zero-order chi connectivity index (χ0) is 25.0. The fraction of sp³-hybridized carbons (Fsp3) is 0.308. The van der Waals surface area contributed by atoms with Crippen LogP contribution in [-0.2, 0) is 23.9 Å². The summed E-state index contributed by atoms with van der Waals surface area (Å²) in [5.41, 5.74) is 0.575. The summed E-state index contributed by atoms with van der Waals surface area (Å²) < 4.78 is 6.07. The maximum atomic E-state index is 13.5. The molecule has 2 unspecified atom stereocenters. The van der Waals surface area contributed by atoms with E-state index in [1.807, 2.05) is 60.7 Å². The smallest absolute Gasteiger partial charge is 0.319 e. The summed E-state index contributed by atoms with van der Waals surface area (Å²) in [5, 5.41) is 2.29. The first-order valence-corrected chi connectivity index (χ1v) is 12.7. The van der Waals surface area contributed by atoms with Gasteiger partial charge in [-0.2, -0.15) is 0 Å². The summed E-state index contributed by atoms with van der Waals surface area (Å²) in [5.74, 6) is -1.65. The van der Waals surface area contributed by atoms with Crippen LogP contribution < -0.4 is 5.32 Å². The van der Waals surface area contributed by atoms with Crippen LogP contribution in [0.2, 0.25) is 0 Å². The number of β-lactam (4-membered cyclic amide) rings is 1. The minimum atomic E-state index is -1.10. The number of benzene rings is 2. The Morgan fingerprint density at radius 3 is 2.29 bits per heavy atom. The molecule has 2 aromatic carbocycles. The summed E-state index contributed by atoms with van der Waals surface area (Å²) in [6.07, 6.45) is 0.570. The number of thioether (sulfide) groups is 1. The molecule has 0 spiro atoms. The molecule has 2 fully saturated rings. The second kappa shape index (κ2) is 10.7. The van der Waals surface area contributed by atoms with Gasteiger partial charge >= 0.3 is 5.97 Å². The van der Waals surface area contributed by atoms with Crippen LogP contribution in [0.15, 0.2) is 73.3 Å². The van der Waals surface area contributed by atoms with Crippen LogP contribution in [0, 0.1) is 5.41 Å². The highest BCUT2D eigenvalue weighted by molar-refractivity contribution is 8.00. The lowest BCUT2D eigenvalue weighted by Crippen LogP contribution is -2.73. The molecular formula is C26H25ClN2O5S. The second-order valence-electron chi connectivity index (χ2n) is 8.53. The lowest BCUT2D eigenvalue weighted by atomic mass is 9.87. The van der Waals surface area contributed by atoms with Gasteiger partial charge < -0.3 is 15.0 Å². The zero-order valence-electron chi connectivity index (χ0n) is 18.9. The van der Waals surface area contributed by atoms with E-state index in [1.54, 1.807) is 11.0 Å². The van der Waals surface area contributed by atoms with Crippen molar-refractivity contribution in [1.29, 1.82) is 0 Å². The maximum absolute atomic E-state index is 13.5. The van der Waals surface area contributed by atoms with Crippen LogP contribution in [0.3, 0.4) is 0 Å². The summed E-state index contributed by atoms with van der Waals surface area (Å²) >= 11 is 6.83. The normalized spacial score (nSPS) is 23.1. The third kappa shape index (κ3) is 5.13. The molecule has 3 atom stereocenters. The first kappa shape index (κ1) is 25.0. The Hall–Kier alpha value is -3.10. The molecule has 0 bridgehead atoms. The molecule has 9 heteroatoms. The number of halogens is 1. The summed E-state index contributed by atoms with van der Waals surface area (Å²) in [7, 11) is 0. The average Bonchev–Trinajstić information content (AvgIpc) is 2.90. The lowest BCUT2D eigenvalue weighted by molar-refractivity contribution is -0.162. The minimum absolute atomic E-state index is 0.106. The minimum Gasteiger partial charge on any atom is -0.452 e. The van der Waals surface area contributed by atoms with E-state index in [-0.39, 0.29) is 30.1 Å². The Labute approximate surface area is 212 Å². The van der Waals surface area contributed by atoms with Crippen molar-refractivity contribution in [3.63, 3.8) is 0 Å². The Morgan fingerprint density at radius 2 is 1.74 bits per heavy atom. The van der Waals surface area contributed by atoms with Gasteiger partial charge in [0.25, 0.3) is 0 Å². The largest absolute Gasteiger partial charge is 0.452 e. The van der Waals surface area contributed by atoms with Crippen molar-refractivity contribution in [2.24, 2.45) is 5.41 Å². The van der Waals surface area contributed by atoms with Crippen molar-refractivity contribution < 1.29 is 23.9 Å². The van der Waals surface area contributed by atoms with Gasteiger partial charge in [-0.05, 0) is 11.1 Å². The van der Waals surface area contributed by atoms with Gasteiger partial charge in [0.2, 0.25) is 11.8 Å². The SMILES string of the molecule is C=CC1(C(=O)OC(c2ccccc2)c2ccccc2)CS[C@@H]2C(NC(=O)CC(=O)CCl)C(=O)N2C1. The molecule has 0 aromatic heterocycles. The number of fused-ring (bicyclic) bond motifs is 1. The number of amides is 2. The molecule has 2 heterocycles. The number of carbonyl (C=O) groups is 4. The average molecular weight is 513 g/mol. The Balaban J connectivity index is 1.47. The highest BCUT2D eigenvalue weighted by atomic mass is 35.5. The molecule has 2 amide bonds. The summed E-state index contributed by atoms with van der Waals surface area (Å²) in [6.45, 7) is 3.98. The highest BCUT2D eigenvalue weighted by Crippen LogP contribution is 2.44. The van der Waals surface area contributed by atoms with Crippen molar-refractivity contribution in [1.82, 2.24) is 10.2 Å². The number of Topliss-reactive ketones (excluding diaryl/α,β-unsaturated/α-hetero) is 1. The zero-order valence-corrected chi connectivity index (χ0v) is 20.5. The predicted molar refractivity (Wildman–Crippen MR) is 134 cm³/mol. The van der Waals surface area contributed by atoms with E-state index in [0.29, 0.717) is 5.75 Å². The molecule has 0 aliphatic carbocycles. The topological polar surface area (TPSA) is 92.8 Å². The molecule has 1 N–H and O–H groups in total. The number of nitrogens with zero attached hydrogens (tertiary/aromatic N) is 1. The van der Waals surface area contributed by atoms with E-state index in [9.17, 15) is 19.2 Å². The van der Waals surface area contributed by atoms with Crippen LogP contribution >= 0.6 is 23.4 Å². The number of ether oxygens (including phenoxy) is 1. The Bertz CT molecular complexity index is 1090. The molecular weight excluding hydrogens is 488 g/mol. The van der Waals surface area contributed by atoms with E-state index in [0.717, 1.165) is 11.1 Å². The molecule has 4 rings (SSSR count). The van der Waals surface area contributed by atoms with Crippen molar-refractivity contribution in [3.8, 4) is 0 Å². The first-order chi connectivity index (χ1) is 16.9. The number of ketones is 1. The second-order valence-corrected chi connectivity index (χ2v) is 9.90. The Kier molecular flexibility index (Phi) is 7.62. The van der Waals surface area contributed by atoms with Crippen molar-refractivity contribution in [3.05, 3.63) is 84.4 Å². The van der Waals surface area contributed by atoms with E-state index in [4.69, 9.17) is 16.3 Å². The molecule has 0 saturated carbocycles. The third-order valence-electron chi connectivity index (χ3n) is 6.16. The molecule has 182 valence electrons. The van der Waals surface area contributed by atoms with Gasteiger partial charge in [-0.15, -0.1) is 29.9 Å². The molecule has 2 saturated heterocycles. The number of alkyl halides is 1. The van der Waals surface area contributed by atoms with E-state index < -0.39 is 35.2 Å². The van der Waals surface area contributed by atoms with Gasteiger partial charge in [0, 0.05) is 12.3 Å². The molecule has 7 nitrogen and oxygen atoms in total. The van der Waals surface area contributed by atoms with Crippen molar-refractivity contribution in [2.45, 2.75) is 23.9 Å². The lowest BCUT2D eigenvalue weighted by Gasteiger charge is -2.53. The third-order valence-corrected chi connectivity index (χ3v) is 8.00. The first-order valence-electron chi connectivity index (χ1n) is 11.1. The van der Waals surface area contributed by atoms with Crippen LogP contribution in [0.1, 0.15) is 23.7 Å². The summed E-state index contributed by atoms with van der Waals surface area (Å²) in [4.78, 5) is 51.3. The van der Waals surface area contributed by atoms with Crippen molar-refractivity contribution >= 4 is 46.9 Å². The van der Waals surface area contributed by atoms with E-state index in [1.165, 1.54) is 11.8 Å². The van der Waals surface area contributed by atoms with Gasteiger partial charge in [-0.1, -0.05) is 66.7 Å². The van der Waals surface area contributed by atoms with Crippen molar-refractivity contribution in [2.75, 3.05) is 18.2 Å². The van der Waals surface area contributed by atoms with Crippen LogP contribution in [0.5, 0.6) is 0 Å². The van der Waals surface area contributed by atoms with Crippen LogP contribution in [-0.4, -0.2) is 58.1 Å². The monoisotopic (exact) mass is 512 g/mol. The molecule has 35 heavy (non-hydrogen) atoms. The molecule has 2 aliphatic heterocycles. The number of hydrogen-bond donors (Lipinski definition) is 1. The van der Waals surface area contributed by atoms with E-state index >= 15 is 0 Å². The number of hydrogen-bond acceptors (Lipinski definition) is 6.